The second-order valence-electron chi connectivity index (χ2n) is 5.24. The van der Waals surface area contributed by atoms with E-state index in [-0.39, 0.29) is 11.2 Å². The third kappa shape index (κ3) is 2.21. The molecule has 0 radical (unpaired) electrons. The van der Waals surface area contributed by atoms with Crippen molar-refractivity contribution in [1.29, 1.82) is 0 Å². The smallest absolute Gasteiger partial charge is 0.225 e. The van der Waals surface area contributed by atoms with Crippen LogP contribution in [0.4, 0.5) is 5.95 Å². The molecule has 0 amide bonds. The summed E-state index contributed by atoms with van der Waals surface area (Å²) >= 11 is 0. The predicted molar refractivity (Wildman–Crippen MR) is 72.3 cm³/mol. The molecule has 0 bridgehead atoms. The van der Waals surface area contributed by atoms with E-state index in [4.69, 9.17) is 0 Å². The molecule has 3 rings (SSSR count). The highest BCUT2D eigenvalue weighted by molar-refractivity contribution is 7.90. The maximum absolute atomic E-state index is 12.2. The van der Waals surface area contributed by atoms with Crippen molar-refractivity contribution in [3.63, 3.8) is 0 Å². The topological polar surface area (TPSA) is 66.4 Å². The molecule has 2 atom stereocenters. The standard InChI is InChI=1S/C12H18N4O2S/c1-15-9-10-3-7-16(12-13-5-2-6-14-12)8-4-11(10)19(15,17)18/h2,5-6,10-11H,3-4,7-9H2,1H3/t10-,11-/m1/s1. The fraction of sp³-hybridized carbons (Fsp3) is 0.667. The number of fused-ring (bicyclic) bond motifs is 1. The average Bonchev–Trinajstić information content (AvgIpc) is 2.59. The summed E-state index contributed by atoms with van der Waals surface area (Å²) in [7, 11) is -1.41. The van der Waals surface area contributed by atoms with E-state index >= 15 is 0 Å². The van der Waals surface area contributed by atoms with Crippen LogP contribution in [0.1, 0.15) is 12.8 Å². The van der Waals surface area contributed by atoms with Crippen LogP contribution in [0.15, 0.2) is 18.5 Å². The molecule has 19 heavy (non-hydrogen) atoms. The second kappa shape index (κ2) is 4.72. The largest absolute Gasteiger partial charge is 0.341 e. The zero-order valence-corrected chi connectivity index (χ0v) is 11.8. The van der Waals surface area contributed by atoms with Crippen LogP contribution in [-0.4, -0.2) is 54.6 Å². The lowest BCUT2D eigenvalue weighted by Gasteiger charge is -2.20. The summed E-state index contributed by atoms with van der Waals surface area (Å²) in [5.41, 5.74) is 0. The Labute approximate surface area is 113 Å². The first-order valence-corrected chi connectivity index (χ1v) is 8.06. The number of rotatable bonds is 1. The van der Waals surface area contributed by atoms with Crippen molar-refractivity contribution in [3.05, 3.63) is 18.5 Å². The van der Waals surface area contributed by atoms with Gasteiger partial charge in [0.05, 0.1) is 5.25 Å². The van der Waals surface area contributed by atoms with E-state index in [0.29, 0.717) is 25.5 Å². The summed E-state index contributed by atoms with van der Waals surface area (Å²) < 4.78 is 25.9. The van der Waals surface area contributed by atoms with Crippen molar-refractivity contribution in [3.8, 4) is 0 Å². The highest BCUT2D eigenvalue weighted by atomic mass is 32.2. The lowest BCUT2D eigenvalue weighted by Crippen LogP contribution is -2.30. The third-order valence-corrected chi connectivity index (χ3v) is 6.53. The Hall–Kier alpha value is -1.21. The van der Waals surface area contributed by atoms with Crippen LogP contribution in [0.25, 0.3) is 0 Å². The average molecular weight is 282 g/mol. The molecule has 7 heteroatoms. The molecule has 2 saturated heterocycles. The number of aromatic nitrogens is 2. The maximum Gasteiger partial charge on any atom is 0.225 e. The molecule has 3 heterocycles. The number of anilines is 1. The van der Waals surface area contributed by atoms with E-state index in [1.54, 1.807) is 25.5 Å². The molecule has 0 spiro atoms. The number of nitrogens with zero attached hydrogens (tertiary/aromatic N) is 4. The molecule has 0 unspecified atom stereocenters. The lowest BCUT2D eigenvalue weighted by atomic mass is 10.0. The van der Waals surface area contributed by atoms with Gasteiger partial charge >= 0.3 is 0 Å². The van der Waals surface area contributed by atoms with Crippen molar-refractivity contribution in [1.82, 2.24) is 14.3 Å². The quantitative estimate of drug-likeness (QED) is 0.743. The first-order chi connectivity index (χ1) is 9.09. The number of sulfonamides is 1. The summed E-state index contributed by atoms with van der Waals surface area (Å²) in [4.78, 5) is 10.6. The highest BCUT2D eigenvalue weighted by Gasteiger charge is 2.45. The van der Waals surface area contributed by atoms with Crippen molar-refractivity contribution in [2.45, 2.75) is 18.1 Å². The molecular formula is C12H18N4O2S. The highest BCUT2D eigenvalue weighted by Crippen LogP contribution is 2.33. The summed E-state index contributed by atoms with van der Waals surface area (Å²) in [6.45, 7) is 2.18. The van der Waals surface area contributed by atoms with Crippen LogP contribution in [0.3, 0.4) is 0 Å². The zero-order chi connectivity index (χ0) is 13.5. The van der Waals surface area contributed by atoms with Crippen LogP contribution in [0.5, 0.6) is 0 Å². The maximum atomic E-state index is 12.2. The fourth-order valence-corrected chi connectivity index (χ4v) is 5.03. The fourth-order valence-electron chi connectivity index (χ4n) is 3.06. The van der Waals surface area contributed by atoms with Crippen molar-refractivity contribution in [2.75, 3.05) is 31.6 Å². The Morgan fingerprint density at radius 3 is 2.63 bits per heavy atom. The Morgan fingerprint density at radius 2 is 1.89 bits per heavy atom. The van der Waals surface area contributed by atoms with Crippen LogP contribution in [0, 0.1) is 5.92 Å². The molecule has 2 aliphatic rings. The number of hydrogen-bond donors (Lipinski definition) is 0. The SMILES string of the molecule is CN1C[C@H]2CCN(c3ncccn3)CC[C@H]2S1(=O)=O. The van der Waals surface area contributed by atoms with Gasteiger partial charge in [0, 0.05) is 39.1 Å². The van der Waals surface area contributed by atoms with Crippen LogP contribution in [0.2, 0.25) is 0 Å². The van der Waals surface area contributed by atoms with Gasteiger partial charge in [-0.1, -0.05) is 0 Å². The first kappa shape index (κ1) is 12.8. The minimum absolute atomic E-state index is 0.230. The van der Waals surface area contributed by atoms with Crippen LogP contribution in [-0.2, 0) is 10.0 Å². The van der Waals surface area contributed by atoms with Gasteiger partial charge in [-0.25, -0.2) is 22.7 Å². The van der Waals surface area contributed by atoms with Gasteiger partial charge in [-0.05, 0) is 24.8 Å². The molecule has 104 valence electrons. The van der Waals surface area contributed by atoms with Gasteiger partial charge in [-0.3, -0.25) is 0 Å². The molecule has 6 nitrogen and oxygen atoms in total. The van der Waals surface area contributed by atoms with Gasteiger partial charge in [0.1, 0.15) is 0 Å². The van der Waals surface area contributed by atoms with E-state index in [1.165, 1.54) is 4.31 Å². The van der Waals surface area contributed by atoms with E-state index in [2.05, 4.69) is 14.9 Å². The monoisotopic (exact) mass is 282 g/mol. The zero-order valence-electron chi connectivity index (χ0n) is 10.9. The van der Waals surface area contributed by atoms with Gasteiger partial charge in [-0.15, -0.1) is 0 Å². The first-order valence-electron chi connectivity index (χ1n) is 6.56. The molecule has 2 fully saturated rings. The summed E-state index contributed by atoms with van der Waals surface area (Å²) in [6.07, 6.45) is 4.99. The van der Waals surface area contributed by atoms with Crippen molar-refractivity contribution >= 4 is 16.0 Å². The molecule has 0 aromatic carbocycles. The van der Waals surface area contributed by atoms with Gasteiger partial charge in [0.25, 0.3) is 0 Å². The normalized spacial score (nSPS) is 30.9. The van der Waals surface area contributed by atoms with E-state index in [9.17, 15) is 8.42 Å². The molecular weight excluding hydrogens is 264 g/mol. The molecule has 1 aromatic heterocycles. The lowest BCUT2D eigenvalue weighted by molar-refractivity contribution is 0.429. The summed E-state index contributed by atoms with van der Waals surface area (Å²) in [6, 6.07) is 1.79. The molecule has 0 aliphatic carbocycles. The van der Waals surface area contributed by atoms with Crippen LogP contribution >= 0.6 is 0 Å². The Bertz CT molecular complexity index is 548. The summed E-state index contributed by atoms with van der Waals surface area (Å²) in [5.74, 6) is 0.942. The van der Waals surface area contributed by atoms with E-state index in [0.717, 1.165) is 13.0 Å². The van der Waals surface area contributed by atoms with Gasteiger partial charge in [-0.2, -0.15) is 0 Å². The van der Waals surface area contributed by atoms with E-state index < -0.39 is 10.0 Å². The minimum Gasteiger partial charge on any atom is -0.341 e. The van der Waals surface area contributed by atoms with Gasteiger partial charge < -0.3 is 4.90 Å². The molecule has 2 aliphatic heterocycles. The molecule has 1 aromatic rings. The Morgan fingerprint density at radius 1 is 1.21 bits per heavy atom. The van der Waals surface area contributed by atoms with Crippen LogP contribution < -0.4 is 4.90 Å². The molecule has 0 saturated carbocycles. The van der Waals surface area contributed by atoms with Crippen molar-refractivity contribution < 1.29 is 8.42 Å². The minimum atomic E-state index is -3.09. The second-order valence-corrected chi connectivity index (χ2v) is 7.50. The summed E-state index contributed by atoms with van der Waals surface area (Å²) in [5, 5.41) is -0.230. The van der Waals surface area contributed by atoms with E-state index in [1.807, 2.05) is 0 Å². The van der Waals surface area contributed by atoms with Gasteiger partial charge in [0.2, 0.25) is 16.0 Å². The third-order valence-electron chi connectivity index (χ3n) is 4.12. The Balaban J connectivity index is 1.79. The van der Waals surface area contributed by atoms with Gasteiger partial charge in [0.15, 0.2) is 0 Å². The molecule has 0 N–H and O–H groups in total. The Kier molecular flexibility index (Phi) is 3.18. The number of hydrogen-bond acceptors (Lipinski definition) is 5. The van der Waals surface area contributed by atoms with Crippen molar-refractivity contribution in [2.24, 2.45) is 5.92 Å². The predicted octanol–water partition coefficient (Wildman–Crippen LogP) is 0.337.